The average molecular weight is 660 g/mol. The highest BCUT2D eigenvalue weighted by Gasteiger charge is 2.21. The van der Waals surface area contributed by atoms with Gasteiger partial charge in [-0.15, -0.1) is 0 Å². The van der Waals surface area contributed by atoms with Gasteiger partial charge in [-0.25, -0.2) is 4.98 Å². The van der Waals surface area contributed by atoms with Crippen molar-refractivity contribution in [1.29, 1.82) is 0 Å². The molecule has 2 amide bonds. The van der Waals surface area contributed by atoms with Gasteiger partial charge in [-0.05, 0) is 51.0 Å². The lowest BCUT2D eigenvalue weighted by atomic mass is 10.1. The van der Waals surface area contributed by atoms with Crippen molar-refractivity contribution in [3.63, 3.8) is 0 Å². The van der Waals surface area contributed by atoms with Crippen LogP contribution in [-0.2, 0) is 0 Å². The lowest BCUT2D eigenvalue weighted by Crippen LogP contribution is -2.19. The molecule has 2 atom stereocenters. The summed E-state index contributed by atoms with van der Waals surface area (Å²) in [7, 11) is 3.19. The fraction of sp³-hybridized carbons (Fsp3) is 0.211. The summed E-state index contributed by atoms with van der Waals surface area (Å²) in [4.78, 5) is 42.2. The van der Waals surface area contributed by atoms with Crippen LogP contribution in [0.1, 0.15) is 69.5 Å². The number of rotatable bonds is 10. The maximum absolute atomic E-state index is 12.3. The predicted molar refractivity (Wildman–Crippen MR) is 190 cm³/mol. The zero-order valence-electron chi connectivity index (χ0n) is 28.4. The summed E-state index contributed by atoms with van der Waals surface area (Å²) >= 11 is 0. The Kier molecular flexibility index (Phi) is 10.9. The second kappa shape index (κ2) is 15.7. The average Bonchev–Trinajstić information content (AvgIpc) is 3.89. The Bertz CT molecular complexity index is 1960. The van der Waals surface area contributed by atoms with Crippen molar-refractivity contribution >= 4 is 11.8 Å². The molecule has 6 aromatic rings. The standard InChI is InChI=1S/C21H23N3O2.C17H18N4O2/c1-13-10-17(11-14(2)23-13)18-12-19(20(24-18)21(25)22-4)26-15(3)16-8-6-5-7-9-16;1-11(12-6-4-3-5-7-12)23-14-10-13(16-19-8-9-20-16)21-15(14)17(22)18-2/h5-12,15,24H,1-4H3,(H,22,25);3-11,21H,1-2H3,(H,18,22)(H,19,20). The van der Waals surface area contributed by atoms with Gasteiger partial charge in [-0.1, -0.05) is 60.7 Å². The molecule has 5 N–H and O–H groups in total. The number of H-pyrrole nitrogens is 3. The van der Waals surface area contributed by atoms with E-state index in [1.54, 1.807) is 32.6 Å². The Morgan fingerprint density at radius 3 is 1.61 bits per heavy atom. The van der Waals surface area contributed by atoms with Crippen molar-refractivity contribution in [2.24, 2.45) is 0 Å². The third-order valence-electron chi connectivity index (χ3n) is 7.76. The van der Waals surface area contributed by atoms with Gasteiger partial charge in [0.05, 0.1) is 5.69 Å². The van der Waals surface area contributed by atoms with Crippen molar-refractivity contribution in [1.82, 2.24) is 35.6 Å². The second-order valence-corrected chi connectivity index (χ2v) is 11.4. The zero-order chi connectivity index (χ0) is 34.9. The SMILES string of the molecule is CNC(=O)c1[nH]c(-c2cc(C)nc(C)c2)cc1OC(C)c1ccccc1.CNC(=O)c1[nH]c(-c2ncc[nH]2)cc1OC(C)c1ccccc1. The lowest BCUT2D eigenvalue weighted by molar-refractivity contribution is 0.0943. The molecule has 0 aliphatic rings. The van der Waals surface area contributed by atoms with Crippen LogP contribution in [0.5, 0.6) is 11.5 Å². The van der Waals surface area contributed by atoms with Crippen LogP contribution in [-0.4, -0.2) is 50.8 Å². The number of carbonyl (C=O) groups excluding carboxylic acids is 2. The molecule has 0 saturated carbocycles. The number of benzene rings is 2. The van der Waals surface area contributed by atoms with Crippen molar-refractivity contribution in [2.45, 2.75) is 39.9 Å². The van der Waals surface area contributed by atoms with E-state index in [9.17, 15) is 9.59 Å². The van der Waals surface area contributed by atoms with Gasteiger partial charge in [0.15, 0.2) is 17.3 Å². The molecule has 11 heteroatoms. The first-order valence-electron chi connectivity index (χ1n) is 16.0. The second-order valence-electron chi connectivity index (χ2n) is 11.4. The van der Waals surface area contributed by atoms with E-state index in [4.69, 9.17) is 9.47 Å². The number of hydrogen-bond donors (Lipinski definition) is 5. The Morgan fingerprint density at radius 1 is 0.694 bits per heavy atom. The summed E-state index contributed by atoms with van der Waals surface area (Å²) in [5, 5.41) is 5.27. The van der Waals surface area contributed by atoms with Gasteiger partial charge in [-0.2, -0.15) is 0 Å². The highest BCUT2D eigenvalue weighted by Crippen LogP contribution is 2.32. The number of aryl methyl sites for hydroxylation is 2. The predicted octanol–water partition coefficient (Wildman–Crippen LogP) is 7.10. The summed E-state index contributed by atoms with van der Waals surface area (Å²) in [5.41, 5.74) is 7.23. The number of nitrogens with one attached hydrogen (secondary N) is 5. The van der Waals surface area contributed by atoms with E-state index < -0.39 is 0 Å². The summed E-state index contributed by atoms with van der Waals surface area (Å²) in [6, 6.07) is 27.4. The number of pyridine rings is 1. The molecule has 0 saturated heterocycles. The van der Waals surface area contributed by atoms with E-state index in [1.165, 1.54) is 0 Å². The summed E-state index contributed by atoms with van der Waals surface area (Å²) in [6.45, 7) is 7.82. The number of imidazole rings is 1. The van der Waals surface area contributed by atoms with Gasteiger partial charge in [0.25, 0.3) is 11.8 Å². The molecule has 0 bridgehead atoms. The van der Waals surface area contributed by atoms with Gasteiger partial charge < -0.3 is 35.1 Å². The molecule has 49 heavy (non-hydrogen) atoms. The normalized spacial score (nSPS) is 11.9. The molecule has 252 valence electrons. The first kappa shape index (κ1) is 34.2. The zero-order valence-corrected chi connectivity index (χ0v) is 28.4. The molecular formula is C38H41N7O4. The van der Waals surface area contributed by atoms with Crippen molar-refractivity contribution in [3.05, 3.63) is 131 Å². The van der Waals surface area contributed by atoms with E-state index in [2.05, 4.69) is 35.6 Å². The van der Waals surface area contributed by atoms with E-state index in [-0.39, 0.29) is 24.0 Å². The molecule has 0 aliphatic carbocycles. The molecular weight excluding hydrogens is 618 g/mol. The van der Waals surface area contributed by atoms with Gasteiger partial charge in [0.1, 0.15) is 23.6 Å². The maximum Gasteiger partial charge on any atom is 0.271 e. The Balaban J connectivity index is 0.000000192. The van der Waals surface area contributed by atoms with Crippen LogP contribution in [0.3, 0.4) is 0 Å². The van der Waals surface area contributed by atoms with E-state index >= 15 is 0 Å². The molecule has 4 heterocycles. The highest BCUT2D eigenvalue weighted by molar-refractivity contribution is 5.96. The monoisotopic (exact) mass is 659 g/mol. The van der Waals surface area contributed by atoms with Gasteiger partial charge in [-0.3, -0.25) is 14.6 Å². The Hall–Kier alpha value is -6.10. The minimum atomic E-state index is -0.238. The van der Waals surface area contributed by atoms with Crippen molar-refractivity contribution in [2.75, 3.05) is 14.1 Å². The van der Waals surface area contributed by atoms with Crippen LogP contribution in [0.4, 0.5) is 0 Å². The number of aromatic nitrogens is 5. The number of hydrogen-bond acceptors (Lipinski definition) is 6. The third kappa shape index (κ3) is 8.44. The van der Waals surface area contributed by atoms with Crippen molar-refractivity contribution < 1.29 is 19.1 Å². The van der Waals surface area contributed by atoms with Crippen LogP contribution in [0, 0.1) is 13.8 Å². The molecule has 6 rings (SSSR count). The molecule has 11 nitrogen and oxygen atoms in total. The summed E-state index contributed by atoms with van der Waals surface area (Å²) in [5.74, 6) is 1.22. The number of nitrogens with zero attached hydrogens (tertiary/aromatic N) is 2. The Labute approximate surface area is 285 Å². The van der Waals surface area contributed by atoms with Crippen LogP contribution in [0.2, 0.25) is 0 Å². The van der Waals surface area contributed by atoms with Crippen LogP contribution in [0.15, 0.2) is 97.3 Å². The Morgan fingerprint density at radius 2 is 1.16 bits per heavy atom. The van der Waals surface area contributed by atoms with E-state index in [0.717, 1.165) is 33.8 Å². The largest absolute Gasteiger partial charge is 0.484 e. The molecule has 2 unspecified atom stereocenters. The number of carbonyl (C=O) groups is 2. The van der Waals surface area contributed by atoms with Crippen molar-refractivity contribution in [3.8, 4) is 34.3 Å². The molecule has 0 aliphatic heterocycles. The molecule has 0 fully saturated rings. The van der Waals surface area contributed by atoms with Gasteiger partial charge in [0.2, 0.25) is 0 Å². The topological polar surface area (TPSA) is 150 Å². The molecule has 4 aromatic heterocycles. The molecule has 2 aromatic carbocycles. The van der Waals surface area contributed by atoms with Gasteiger partial charge >= 0.3 is 0 Å². The minimum absolute atomic E-state index is 0.177. The maximum atomic E-state index is 12.3. The third-order valence-corrected chi connectivity index (χ3v) is 7.76. The fourth-order valence-electron chi connectivity index (χ4n) is 5.30. The first-order valence-corrected chi connectivity index (χ1v) is 16.0. The van der Waals surface area contributed by atoms with Crippen LogP contribution >= 0.6 is 0 Å². The number of aromatic amines is 3. The molecule has 0 radical (unpaired) electrons. The van der Waals surface area contributed by atoms with Crippen LogP contribution in [0.25, 0.3) is 22.8 Å². The number of ether oxygens (including phenoxy) is 2. The van der Waals surface area contributed by atoms with E-state index in [1.807, 2.05) is 107 Å². The smallest absolute Gasteiger partial charge is 0.271 e. The summed E-state index contributed by atoms with van der Waals surface area (Å²) in [6.07, 6.45) is 3.02. The highest BCUT2D eigenvalue weighted by atomic mass is 16.5. The fourth-order valence-corrected chi connectivity index (χ4v) is 5.30. The summed E-state index contributed by atoms with van der Waals surface area (Å²) < 4.78 is 12.1. The molecule has 0 spiro atoms. The minimum Gasteiger partial charge on any atom is -0.484 e. The lowest BCUT2D eigenvalue weighted by Gasteiger charge is -2.14. The van der Waals surface area contributed by atoms with Gasteiger partial charge in [0, 0.05) is 61.3 Å². The van der Waals surface area contributed by atoms with E-state index in [0.29, 0.717) is 34.4 Å². The first-order chi connectivity index (χ1) is 23.7. The number of amides is 2. The quantitative estimate of drug-likeness (QED) is 0.106. The van der Waals surface area contributed by atoms with Crippen LogP contribution < -0.4 is 20.1 Å².